The number of carbonyl (C=O) groups is 2. The van der Waals surface area contributed by atoms with Crippen LogP contribution in [0.3, 0.4) is 0 Å². The molecule has 0 spiro atoms. The molecule has 1 aliphatic rings. The molecule has 1 heterocycles. The molecule has 0 saturated heterocycles. The Labute approximate surface area is 128 Å². The number of anilines is 1. The standard InChI is InChI=1S/C17H16N2O3/c20-16(19-14-7-5-11(6-8-14)17(21)22)15-9-12-3-1-2-4-13(12)10-18-15/h1-8,15,18H,9-10H2,(H,19,20)(H,21,22). The fourth-order valence-corrected chi connectivity index (χ4v) is 2.57. The van der Waals surface area contributed by atoms with Gasteiger partial charge in [-0.3, -0.25) is 4.79 Å². The van der Waals surface area contributed by atoms with Gasteiger partial charge in [0, 0.05) is 12.2 Å². The van der Waals surface area contributed by atoms with Crippen LogP contribution in [0.2, 0.25) is 0 Å². The first-order valence-corrected chi connectivity index (χ1v) is 7.08. The van der Waals surface area contributed by atoms with Crippen LogP contribution < -0.4 is 10.6 Å². The average Bonchev–Trinajstić information content (AvgIpc) is 2.55. The van der Waals surface area contributed by atoms with Gasteiger partial charge in [0.1, 0.15) is 0 Å². The van der Waals surface area contributed by atoms with Gasteiger partial charge in [-0.05, 0) is 41.8 Å². The first-order chi connectivity index (χ1) is 10.6. The van der Waals surface area contributed by atoms with Crippen molar-refractivity contribution in [2.24, 2.45) is 0 Å². The largest absolute Gasteiger partial charge is 0.478 e. The van der Waals surface area contributed by atoms with Crippen LogP contribution in [0.1, 0.15) is 21.5 Å². The van der Waals surface area contributed by atoms with Crippen LogP contribution in [0.5, 0.6) is 0 Å². The van der Waals surface area contributed by atoms with E-state index in [1.54, 1.807) is 12.1 Å². The third kappa shape index (κ3) is 2.99. The van der Waals surface area contributed by atoms with Crippen LogP contribution in [0.25, 0.3) is 0 Å². The second-order valence-corrected chi connectivity index (χ2v) is 5.28. The Morgan fingerprint density at radius 3 is 2.41 bits per heavy atom. The second-order valence-electron chi connectivity index (χ2n) is 5.28. The van der Waals surface area contributed by atoms with E-state index in [0.29, 0.717) is 18.7 Å². The maximum absolute atomic E-state index is 12.3. The van der Waals surface area contributed by atoms with E-state index in [-0.39, 0.29) is 17.5 Å². The molecule has 0 aliphatic carbocycles. The first-order valence-electron chi connectivity index (χ1n) is 7.08. The molecule has 3 rings (SSSR count). The third-order valence-corrected chi connectivity index (χ3v) is 3.80. The molecule has 0 aromatic heterocycles. The van der Waals surface area contributed by atoms with Gasteiger partial charge in [-0.15, -0.1) is 0 Å². The predicted octanol–water partition coefficient (Wildman–Crippen LogP) is 2.04. The molecule has 0 fully saturated rings. The minimum atomic E-state index is -0.983. The Balaban J connectivity index is 1.66. The third-order valence-electron chi connectivity index (χ3n) is 3.80. The number of aromatic carboxylic acids is 1. The number of nitrogens with one attached hydrogen (secondary N) is 2. The Bertz CT molecular complexity index is 710. The number of carboxylic acids is 1. The molecule has 5 heteroatoms. The van der Waals surface area contributed by atoms with Crippen molar-refractivity contribution >= 4 is 17.6 Å². The maximum Gasteiger partial charge on any atom is 0.335 e. The summed E-state index contributed by atoms with van der Waals surface area (Å²) in [6.07, 6.45) is 0.648. The van der Waals surface area contributed by atoms with Crippen molar-refractivity contribution in [1.29, 1.82) is 0 Å². The summed E-state index contributed by atoms with van der Waals surface area (Å²) in [4.78, 5) is 23.1. The lowest BCUT2D eigenvalue weighted by Crippen LogP contribution is -2.44. The normalized spacial score (nSPS) is 16.6. The van der Waals surface area contributed by atoms with E-state index in [2.05, 4.69) is 16.7 Å². The number of benzene rings is 2. The number of rotatable bonds is 3. The molecule has 0 saturated carbocycles. The van der Waals surface area contributed by atoms with Crippen LogP contribution in [0.15, 0.2) is 48.5 Å². The first kappa shape index (κ1) is 14.3. The van der Waals surface area contributed by atoms with E-state index in [0.717, 1.165) is 0 Å². The van der Waals surface area contributed by atoms with Crippen LogP contribution in [0.4, 0.5) is 5.69 Å². The summed E-state index contributed by atoms with van der Waals surface area (Å²) in [5.41, 5.74) is 3.19. The average molecular weight is 296 g/mol. The number of fused-ring (bicyclic) bond motifs is 1. The zero-order chi connectivity index (χ0) is 15.5. The summed E-state index contributed by atoms with van der Waals surface area (Å²) in [5.74, 6) is -1.10. The Kier molecular flexibility index (Phi) is 3.89. The van der Waals surface area contributed by atoms with Crippen molar-refractivity contribution in [2.75, 3.05) is 5.32 Å². The molecule has 1 amide bonds. The van der Waals surface area contributed by atoms with E-state index in [4.69, 9.17) is 5.11 Å². The molecule has 2 aromatic rings. The molecule has 1 atom stereocenters. The lowest BCUT2D eigenvalue weighted by atomic mass is 9.95. The van der Waals surface area contributed by atoms with Crippen LogP contribution in [-0.4, -0.2) is 23.0 Å². The predicted molar refractivity (Wildman–Crippen MR) is 82.8 cm³/mol. The Hall–Kier alpha value is -2.66. The highest BCUT2D eigenvalue weighted by molar-refractivity contribution is 5.96. The maximum atomic E-state index is 12.3. The van der Waals surface area contributed by atoms with Gasteiger partial charge in [-0.1, -0.05) is 24.3 Å². The summed E-state index contributed by atoms with van der Waals surface area (Å²) in [6.45, 7) is 0.673. The molecule has 2 aromatic carbocycles. The number of carboxylic acid groups (broad SMARTS) is 1. The van der Waals surface area contributed by atoms with E-state index >= 15 is 0 Å². The van der Waals surface area contributed by atoms with Gasteiger partial charge in [0.2, 0.25) is 5.91 Å². The number of carbonyl (C=O) groups excluding carboxylic acids is 1. The van der Waals surface area contributed by atoms with Gasteiger partial charge < -0.3 is 15.7 Å². The van der Waals surface area contributed by atoms with Crippen molar-refractivity contribution < 1.29 is 14.7 Å². The fourth-order valence-electron chi connectivity index (χ4n) is 2.57. The molecule has 3 N–H and O–H groups in total. The summed E-state index contributed by atoms with van der Waals surface area (Å²) in [7, 11) is 0. The molecule has 0 radical (unpaired) electrons. The minimum absolute atomic E-state index is 0.113. The van der Waals surface area contributed by atoms with E-state index in [1.165, 1.54) is 23.3 Å². The van der Waals surface area contributed by atoms with E-state index < -0.39 is 5.97 Å². The zero-order valence-corrected chi connectivity index (χ0v) is 11.9. The highest BCUT2D eigenvalue weighted by atomic mass is 16.4. The van der Waals surface area contributed by atoms with Crippen LogP contribution in [0, 0.1) is 0 Å². The summed E-state index contributed by atoms with van der Waals surface area (Å²) in [6, 6.07) is 13.9. The summed E-state index contributed by atoms with van der Waals surface area (Å²) in [5, 5.41) is 14.9. The van der Waals surface area contributed by atoms with Crippen LogP contribution >= 0.6 is 0 Å². The number of amides is 1. The Morgan fingerprint density at radius 2 is 1.73 bits per heavy atom. The summed E-state index contributed by atoms with van der Waals surface area (Å²) >= 11 is 0. The smallest absolute Gasteiger partial charge is 0.335 e. The van der Waals surface area contributed by atoms with Gasteiger partial charge in [0.15, 0.2) is 0 Å². The van der Waals surface area contributed by atoms with Crippen molar-refractivity contribution in [3.05, 3.63) is 65.2 Å². The SMILES string of the molecule is O=C(O)c1ccc(NC(=O)C2Cc3ccccc3CN2)cc1. The molecular weight excluding hydrogens is 280 g/mol. The number of hydrogen-bond donors (Lipinski definition) is 3. The van der Waals surface area contributed by atoms with E-state index in [9.17, 15) is 9.59 Å². The zero-order valence-electron chi connectivity index (χ0n) is 11.9. The molecule has 22 heavy (non-hydrogen) atoms. The van der Waals surface area contributed by atoms with Crippen molar-refractivity contribution in [3.63, 3.8) is 0 Å². The van der Waals surface area contributed by atoms with Crippen molar-refractivity contribution in [2.45, 2.75) is 19.0 Å². The molecule has 5 nitrogen and oxygen atoms in total. The highest BCUT2D eigenvalue weighted by Gasteiger charge is 2.23. The molecule has 1 unspecified atom stereocenters. The van der Waals surface area contributed by atoms with Crippen molar-refractivity contribution in [1.82, 2.24) is 5.32 Å². The quantitative estimate of drug-likeness (QED) is 0.810. The number of hydrogen-bond acceptors (Lipinski definition) is 3. The minimum Gasteiger partial charge on any atom is -0.478 e. The van der Waals surface area contributed by atoms with Gasteiger partial charge in [-0.25, -0.2) is 4.79 Å². The highest BCUT2D eigenvalue weighted by Crippen LogP contribution is 2.17. The van der Waals surface area contributed by atoms with Gasteiger partial charge in [0.05, 0.1) is 11.6 Å². The van der Waals surface area contributed by atoms with Crippen LogP contribution in [-0.2, 0) is 17.8 Å². The molecule has 1 aliphatic heterocycles. The van der Waals surface area contributed by atoms with Crippen molar-refractivity contribution in [3.8, 4) is 0 Å². The molecule has 112 valence electrons. The molecule has 0 bridgehead atoms. The lowest BCUT2D eigenvalue weighted by Gasteiger charge is -2.25. The van der Waals surface area contributed by atoms with Gasteiger partial charge in [0.25, 0.3) is 0 Å². The topological polar surface area (TPSA) is 78.4 Å². The van der Waals surface area contributed by atoms with E-state index in [1.807, 2.05) is 18.2 Å². The fraction of sp³-hybridized carbons (Fsp3) is 0.176. The van der Waals surface area contributed by atoms with Gasteiger partial charge in [-0.2, -0.15) is 0 Å². The second kappa shape index (κ2) is 5.99. The Morgan fingerprint density at radius 1 is 1.05 bits per heavy atom. The molecular formula is C17H16N2O3. The van der Waals surface area contributed by atoms with Gasteiger partial charge >= 0.3 is 5.97 Å². The summed E-state index contributed by atoms with van der Waals surface area (Å²) < 4.78 is 0. The monoisotopic (exact) mass is 296 g/mol. The lowest BCUT2D eigenvalue weighted by molar-refractivity contribution is -0.118.